The summed E-state index contributed by atoms with van der Waals surface area (Å²) in [6.07, 6.45) is 0.891. The SMILES string of the molecule is Cc1nn(Cc2csc3ccccc23)c(C)c1CC(C)N. The molecule has 3 nitrogen and oxygen atoms in total. The third-order valence-corrected chi connectivity index (χ3v) is 4.95. The Hall–Kier alpha value is -1.65. The number of hydrogen-bond acceptors (Lipinski definition) is 3. The number of nitrogens with two attached hydrogens (primary N) is 1. The normalized spacial score (nSPS) is 13.0. The second-order valence-corrected chi connectivity index (χ2v) is 6.66. The average molecular weight is 299 g/mol. The summed E-state index contributed by atoms with van der Waals surface area (Å²) in [5.41, 5.74) is 10.9. The van der Waals surface area contributed by atoms with Gasteiger partial charge in [0.15, 0.2) is 0 Å². The molecule has 0 aliphatic rings. The predicted octanol–water partition coefficient (Wildman–Crippen LogP) is 3.65. The molecule has 110 valence electrons. The molecule has 0 spiro atoms. The molecular formula is C17H21N3S. The van der Waals surface area contributed by atoms with Crippen LogP contribution >= 0.6 is 11.3 Å². The molecule has 2 aromatic heterocycles. The van der Waals surface area contributed by atoms with Gasteiger partial charge in [0.2, 0.25) is 0 Å². The quantitative estimate of drug-likeness (QED) is 0.799. The van der Waals surface area contributed by atoms with E-state index in [1.165, 1.54) is 26.9 Å². The largest absolute Gasteiger partial charge is 0.328 e. The van der Waals surface area contributed by atoms with Crippen LogP contribution in [0.5, 0.6) is 0 Å². The first kappa shape index (κ1) is 14.3. The monoisotopic (exact) mass is 299 g/mol. The molecule has 3 aromatic rings. The second kappa shape index (κ2) is 5.62. The van der Waals surface area contributed by atoms with Crippen molar-refractivity contribution in [2.75, 3.05) is 0 Å². The van der Waals surface area contributed by atoms with E-state index in [0.29, 0.717) is 0 Å². The highest BCUT2D eigenvalue weighted by Crippen LogP contribution is 2.27. The first-order valence-corrected chi connectivity index (χ1v) is 8.17. The molecule has 1 unspecified atom stereocenters. The van der Waals surface area contributed by atoms with Crippen molar-refractivity contribution in [2.45, 2.75) is 39.8 Å². The van der Waals surface area contributed by atoms with Crippen LogP contribution in [0.4, 0.5) is 0 Å². The van der Waals surface area contributed by atoms with Crippen LogP contribution in [-0.4, -0.2) is 15.8 Å². The highest BCUT2D eigenvalue weighted by atomic mass is 32.1. The molecule has 21 heavy (non-hydrogen) atoms. The summed E-state index contributed by atoms with van der Waals surface area (Å²) in [6, 6.07) is 8.72. The Balaban J connectivity index is 1.95. The van der Waals surface area contributed by atoms with Crippen molar-refractivity contribution in [3.8, 4) is 0 Å². The molecule has 0 saturated carbocycles. The molecule has 0 aliphatic carbocycles. The minimum absolute atomic E-state index is 0.169. The minimum Gasteiger partial charge on any atom is -0.328 e. The second-order valence-electron chi connectivity index (χ2n) is 5.75. The van der Waals surface area contributed by atoms with Gasteiger partial charge in [0.25, 0.3) is 0 Å². The van der Waals surface area contributed by atoms with Crippen LogP contribution in [0.1, 0.15) is 29.4 Å². The van der Waals surface area contributed by atoms with E-state index in [0.717, 1.165) is 18.7 Å². The third kappa shape index (κ3) is 2.74. The molecule has 1 aromatic carbocycles. The molecule has 4 heteroatoms. The summed E-state index contributed by atoms with van der Waals surface area (Å²) in [4.78, 5) is 0. The molecule has 2 N–H and O–H groups in total. The Bertz CT molecular complexity index is 768. The zero-order chi connectivity index (χ0) is 15.0. The van der Waals surface area contributed by atoms with Crippen molar-refractivity contribution in [1.82, 2.24) is 9.78 Å². The Morgan fingerprint density at radius 1 is 1.29 bits per heavy atom. The fraction of sp³-hybridized carbons (Fsp3) is 0.353. The van der Waals surface area contributed by atoms with E-state index in [4.69, 9.17) is 10.8 Å². The van der Waals surface area contributed by atoms with Crippen molar-refractivity contribution < 1.29 is 0 Å². The minimum atomic E-state index is 0.169. The van der Waals surface area contributed by atoms with Gasteiger partial charge in [-0.15, -0.1) is 11.3 Å². The van der Waals surface area contributed by atoms with Crippen LogP contribution < -0.4 is 5.73 Å². The molecule has 0 saturated heterocycles. The van der Waals surface area contributed by atoms with Gasteiger partial charge in [0, 0.05) is 16.4 Å². The molecule has 0 fully saturated rings. The van der Waals surface area contributed by atoms with Crippen LogP contribution in [0.15, 0.2) is 29.6 Å². The van der Waals surface area contributed by atoms with Gasteiger partial charge in [-0.05, 0) is 55.2 Å². The first-order chi connectivity index (χ1) is 10.1. The van der Waals surface area contributed by atoms with Crippen LogP contribution in [-0.2, 0) is 13.0 Å². The zero-order valence-electron chi connectivity index (χ0n) is 12.8. The summed E-state index contributed by atoms with van der Waals surface area (Å²) >= 11 is 1.80. The van der Waals surface area contributed by atoms with Gasteiger partial charge >= 0.3 is 0 Å². The number of fused-ring (bicyclic) bond motifs is 1. The average Bonchev–Trinajstić information content (AvgIpc) is 2.96. The lowest BCUT2D eigenvalue weighted by atomic mass is 10.1. The number of hydrogen-bond donors (Lipinski definition) is 1. The number of benzene rings is 1. The van der Waals surface area contributed by atoms with Crippen LogP contribution in [0, 0.1) is 13.8 Å². The number of rotatable bonds is 4. The smallest absolute Gasteiger partial charge is 0.0676 e. The summed E-state index contributed by atoms with van der Waals surface area (Å²) < 4.78 is 3.45. The predicted molar refractivity (Wildman–Crippen MR) is 90.0 cm³/mol. The van der Waals surface area contributed by atoms with Gasteiger partial charge in [-0.1, -0.05) is 18.2 Å². The summed E-state index contributed by atoms with van der Waals surface area (Å²) in [7, 11) is 0. The third-order valence-electron chi connectivity index (χ3n) is 3.94. The van der Waals surface area contributed by atoms with Gasteiger partial charge in [0.1, 0.15) is 0 Å². The Kier molecular flexibility index (Phi) is 3.83. The van der Waals surface area contributed by atoms with Crippen molar-refractivity contribution >= 4 is 21.4 Å². The molecule has 2 heterocycles. The van der Waals surface area contributed by atoms with Gasteiger partial charge < -0.3 is 5.73 Å². The van der Waals surface area contributed by atoms with E-state index < -0.39 is 0 Å². The molecule has 0 radical (unpaired) electrons. The van der Waals surface area contributed by atoms with E-state index in [9.17, 15) is 0 Å². The highest BCUT2D eigenvalue weighted by molar-refractivity contribution is 7.17. The Labute approximate surface area is 129 Å². The lowest BCUT2D eigenvalue weighted by Gasteiger charge is -2.07. The van der Waals surface area contributed by atoms with Crippen LogP contribution in [0.3, 0.4) is 0 Å². The maximum absolute atomic E-state index is 5.95. The maximum atomic E-state index is 5.95. The Morgan fingerprint density at radius 3 is 2.81 bits per heavy atom. The van der Waals surface area contributed by atoms with E-state index in [2.05, 4.69) is 48.2 Å². The topological polar surface area (TPSA) is 43.8 Å². The Morgan fingerprint density at radius 2 is 2.05 bits per heavy atom. The number of aromatic nitrogens is 2. The van der Waals surface area contributed by atoms with Crippen molar-refractivity contribution in [3.05, 3.63) is 52.2 Å². The van der Waals surface area contributed by atoms with Gasteiger partial charge in [0.05, 0.1) is 12.2 Å². The number of nitrogens with zero attached hydrogens (tertiary/aromatic N) is 2. The van der Waals surface area contributed by atoms with Crippen molar-refractivity contribution in [1.29, 1.82) is 0 Å². The lowest BCUT2D eigenvalue weighted by molar-refractivity contribution is 0.660. The van der Waals surface area contributed by atoms with Crippen LogP contribution in [0.25, 0.3) is 10.1 Å². The number of thiophene rings is 1. The summed E-state index contributed by atoms with van der Waals surface area (Å²) in [5.74, 6) is 0. The zero-order valence-corrected chi connectivity index (χ0v) is 13.6. The molecule has 0 aliphatic heterocycles. The van der Waals surface area contributed by atoms with Crippen molar-refractivity contribution in [3.63, 3.8) is 0 Å². The first-order valence-electron chi connectivity index (χ1n) is 7.30. The highest BCUT2D eigenvalue weighted by Gasteiger charge is 2.14. The summed E-state index contributed by atoms with van der Waals surface area (Å²) in [5, 5.41) is 8.29. The molecule has 3 rings (SSSR count). The van der Waals surface area contributed by atoms with Gasteiger partial charge in [-0.25, -0.2) is 0 Å². The van der Waals surface area contributed by atoms with E-state index >= 15 is 0 Å². The van der Waals surface area contributed by atoms with Gasteiger partial charge in [-0.2, -0.15) is 5.10 Å². The molecule has 1 atom stereocenters. The molecule has 0 amide bonds. The van der Waals surface area contributed by atoms with E-state index in [1.807, 2.05) is 6.92 Å². The molecule has 0 bridgehead atoms. The van der Waals surface area contributed by atoms with Gasteiger partial charge in [-0.3, -0.25) is 4.68 Å². The fourth-order valence-corrected chi connectivity index (χ4v) is 3.78. The summed E-state index contributed by atoms with van der Waals surface area (Å²) in [6.45, 7) is 7.09. The number of aryl methyl sites for hydroxylation is 1. The standard InChI is InChI=1S/C17H21N3S/c1-11(18)8-16-12(2)19-20(13(16)3)9-14-10-21-17-7-5-4-6-15(14)17/h4-7,10-11H,8-9,18H2,1-3H3. The van der Waals surface area contributed by atoms with Crippen molar-refractivity contribution in [2.24, 2.45) is 5.73 Å². The van der Waals surface area contributed by atoms with Crippen LogP contribution in [0.2, 0.25) is 0 Å². The molecular weight excluding hydrogens is 278 g/mol. The lowest BCUT2D eigenvalue weighted by Crippen LogP contribution is -2.18. The maximum Gasteiger partial charge on any atom is 0.0676 e. The fourth-order valence-electron chi connectivity index (χ4n) is 2.82. The van der Waals surface area contributed by atoms with E-state index in [-0.39, 0.29) is 6.04 Å². The van der Waals surface area contributed by atoms with E-state index in [1.54, 1.807) is 11.3 Å².